The SMILES string of the molecule is O=C1CNc2ncc(C(=O)N3CCCC3c3ccccn3)cc2N1Cc1ccccc1. The van der Waals surface area contributed by atoms with Gasteiger partial charge in [0, 0.05) is 18.9 Å². The fourth-order valence-corrected chi connectivity index (χ4v) is 4.30. The molecular formula is C24H23N5O2. The summed E-state index contributed by atoms with van der Waals surface area (Å²) in [7, 11) is 0. The Morgan fingerprint density at radius 1 is 1.10 bits per heavy atom. The number of hydrogen-bond acceptors (Lipinski definition) is 5. The number of benzene rings is 1. The number of hydrogen-bond donors (Lipinski definition) is 1. The lowest BCUT2D eigenvalue weighted by Crippen LogP contribution is -2.40. The number of aromatic nitrogens is 2. The van der Waals surface area contributed by atoms with Gasteiger partial charge in [0.1, 0.15) is 0 Å². The van der Waals surface area contributed by atoms with Crippen LogP contribution in [0.5, 0.6) is 0 Å². The Balaban J connectivity index is 1.45. The van der Waals surface area contributed by atoms with Gasteiger partial charge >= 0.3 is 0 Å². The predicted octanol–water partition coefficient (Wildman–Crippen LogP) is 3.41. The normalized spacial score (nSPS) is 17.9. The molecule has 0 saturated carbocycles. The molecule has 5 rings (SSSR count). The van der Waals surface area contributed by atoms with E-state index < -0.39 is 0 Å². The highest BCUT2D eigenvalue weighted by Crippen LogP contribution is 2.34. The van der Waals surface area contributed by atoms with Gasteiger partial charge in [0.05, 0.1) is 36.1 Å². The summed E-state index contributed by atoms with van der Waals surface area (Å²) in [6, 6.07) is 17.4. The van der Waals surface area contributed by atoms with Crippen LogP contribution in [0.3, 0.4) is 0 Å². The molecule has 1 atom stereocenters. The summed E-state index contributed by atoms with van der Waals surface area (Å²) in [5.41, 5.74) is 3.05. The third-order valence-corrected chi connectivity index (χ3v) is 5.84. The van der Waals surface area contributed by atoms with Gasteiger partial charge in [-0.3, -0.25) is 14.6 Å². The molecule has 0 radical (unpaired) electrons. The molecule has 2 aliphatic heterocycles. The van der Waals surface area contributed by atoms with Gasteiger partial charge in [-0.25, -0.2) is 4.98 Å². The maximum Gasteiger partial charge on any atom is 0.256 e. The van der Waals surface area contributed by atoms with Crippen molar-refractivity contribution >= 4 is 23.3 Å². The van der Waals surface area contributed by atoms with Gasteiger partial charge in [-0.1, -0.05) is 36.4 Å². The lowest BCUT2D eigenvalue weighted by Gasteiger charge is -2.30. The van der Waals surface area contributed by atoms with Crippen molar-refractivity contribution in [3.8, 4) is 0 Å². The highest BCUT2D eigenvalue weighted by Gasteiger charge is 2.33. The third-order valence-electron chi connectivity index (χ3n) is 5.84. The van der Waals surface area contributed by atoms with Crippen LogP contribution < -0.4 is 10.2 Å². The Morgan fingerprint density at radius 3 is 2.74 bits per heavy atom. The average molecular weight is 413 g/mol. The molecule has 0 spiro atoms. The topological polar surface area (TPSA) is 78.4 Å². The zero-order valence-corrected chi connectivity index (χ0v) is 17.1. The largest absolute Gasteiger partial charge is 0.359 e. The molecule has 31 heavy (non-hydrogen) atoms. The number of amides is 2. The summed E-state index contributed by atoms with van der Waals surface area (Å²) in [5, 5.41) is 3.06. The minimum Gasteiger partial charge on any atom is -0.359 e. The van der Waals surface area contributed by atoms with Gasteiger partial charge in [-0.2, -0.15) is 0 Å². The molecular weight excluding hydrogens is 390 g/mol. The molecule has 3 aromatic rings. The summed E-state index contributed by atoms with van der Waals surface area (Å²) in [6.45, 7) is 1.31. The van der Waals surface area contributed by atoms with Crippen LogP contribution in [0.25, 0.3) is 0 Å². The first-order valence-corrected chi connectivity index (χ1v) is 10.5. The summed E-state index contributed by atoms with van der Waals surface area (Å²) in [5.74, 6) is 0.492. The van der Waals surface area contributed by atoms with E-state index in [4.69, 9.17) is 0 Å². The maximum absolute atomic E-state index is 13.4. The van der Waals surface area contributed by atoms with Gasteiger partial charge in [0.2, 0.25) is 5.91 Å². The second-order valence-electron chi connectivity index (χ2n) is 7.82. The quantitative estimate of drug-likeness (QED) is 0.709. The number of carbonyl (C=O) groups excluding carboxylic acids is 2. The van der Waals surface area contributed by atoms with Crippen LogP contribution in [0, 0.1) is 0 Å². The van der Waals surface area contributed by atoms with Gasteiger partial charge in [0.25, 0.3) is 5.91 Å². The summed E-state index contributed by atoms with van der Waals surface area (Å²) < 4.78 is 0. The van der Waals surface area contributed by atoms with Crippen LogP contribution in [-0.2, 0) is 11.3 Å². The standard InChI is InChI=1S/C24H23N5O2/c30-22-15-27-23-21(29(22)16-17-7-2-1-3-8-17)13-18(14-26-23)24(31)28-12-6-10-20(28)19-9-4-5-11-25-19/h1-5,7-9,11,13-14,20H,6,10,12,15-16H2,(H,26,27). The molecule has 2 amide bonds. The molecule has 0 aliphatic carbocycles. The first-order valence-electron chi connectivity index (χ1n) is 10.5. The lowest BCUT2D eigenvalue weighted by atomic mass is 10.1. The van der Waals surface area contributed by atoms with Crippen molar-refractivity contribution in [2.24, 2.45) is 0 Å². The van der Waals surface area contributed by atoms with Gasteiger partial charge in [0.15, 0.2) is 5.82 Å². The summed E-state index contributed by atoms with van der Waals surface area (Å²) in [6.07, 6.45) is 5.18. The van der Waals surface area contributed by atoms with Crippen LogP contribution >= 0.6 is 0 Å². The molecule has 1 saturated heterocycles. The van der Waals surface area contributed by atoms with Crippen molar-refractivity contribution < 1.29 is 9.59 Å². The molecule has 1 aromatic carbocycles. The van der Waals surface area contributed by atoms with Crippen molar-refractivity contribution in [1.29, 1.82) is 0 Å². The number of likely N-dealkylation sites (tertiary alicyclic amines) is 1. The number of rotatable bonds is 4. The zero-order valence-electron chi connectivity index (χ0n) is 17.1. The Bertz CT molecular complexity index is 1100. The van der Waals surface area contributed by atoms with Crippen LogP contribution in [0.2, 0.25) is 0 Å². The van der Waals surface area contributed by atoms with Crippen LogP contribution in [0.1, 0.15) is 40.5 Å². The second kappa shape index (κ2) is 8.18. The molecule has 1 unspecified atom stereocenters. The van der Waals surface area contributed by atoms with Crippen molar-refractivity contribution in [1.82, 2.24) is 14.9 Å². The van der Waals surface area contributed by atoms with E-state index in [-0.39, 0.29) is 24.4 Å². The van der Waals surface area contributed by atoms with Crippen LogP contribution in [0.4, 0.5) is 11.5 Å². The minimum absolute atomic E-state index is 0.0371. The van der Waals surface area contributed by atoms with Crippen molar-refractivity contribution in [3.05, 3.63) is 83.8 Å². The van der Waals surface area contributed by atoms with E-state index in [1.165, 1.54) is 0 Å². The highest BCUT2D eigenvalue weighted by molar-refractivity contribution is 6.04. The summed E-state index contributed by atoms with van der Waals surface area (Å²) >= 11 is 0. The molecule has 7 nitrogen and oxygen atoms in total. The highest BCUT2D eigenvalue weighted by atomic mass is 16.2. The lowest BCUT2D eigenvalue weighted by molar-refractivity contribution is -0.117. The second-order valence-corrected chi connectivity index (χ2v) is 7.82. The smallest absolute Gasteiger partial charge is 0.256 e. The van der Waals surface area contributed by atoms with Crippen molar-refractivity contribution in [2.45, 2.75) is 25.4 Å². The van der Waals surface area contributed by atoms with E-state index in [2.05, 4.69) is 15.3 Å². The monoisotopic (exact) mass is 413 g/mol. The molecule has 1 N–H and O–H groups in total. The molecule has 156 valence electrons. The molecule has 1 fully saturated rings. The number of nitrogens with one attached hydrogen (secondary N) is 1. The Morgan fingerprint density at radius 2 is 1.94 bits per heavy atom. The van der Waals surface area contributed by atoms with E-state index >= 15 is 0 Å². The van der Waals surface area contributed by atoms with Crippen LogP contribution in [-0.4, -0.2) is 39.8 Å². The first-order chi connectivity index (χ1) is 15.2. The minimum atomic E-state index is -0.0823. The van der Waals surface area contributed by atoms with E-state index in [1.54, 1.807) is 23.4 Å². The predicted molar refractivity (Wildman–Crippen MR) is 118 cm³/mol. The average Bonchev–Trinajstić information content (AvgIpc) is 3.31. The molecule has 2 aliphatic rings. The molecule has 7 heteroatoms. The molecule has 0 bridgehead atoms. The van der Waals surface area contributed by atoms with E-state index in [0.717, 1.165) is 24.1 Å². The summed E-state index contributed by atoms with van der Waals surface area (Å²) in [4.78, 5) is 38.6. The van der Waals surface area contributed by atoms with Crippen molar-refractivity contribution in [2.75, 3.05) is 23.3 Å². The number of anilines is 2. The Labute approximate surface area is 180 Å². The molecule has 2 aromatic heterocycles. The van der Waals surface area contributed by atoms with Gasteiger partial charge in [-0.05, 0) is 36.6 Å². The number of carbonyl (C=O) groups is 2. The van der Waals surface area contributed by atoms with Gasteiger partial charge < -0.3 is 15.1 Å². The molecule has 4 heterocycles. The van der Waals surface area contributed by atoms with Gasteiger partial charge in [-0.15, -0.1) is 0 Å². The third kappa shape index (κ3) is 3.74. The zero-order chi connectivity index (χ0) is 21.2. The fraction of sp³-hybridized carbons (Fsp3) is 0.250. The number of fused-ring (bicyclic) bond motifs is 1. The number of nitrogens with zero attached hydrogens (tertiary/aromatic N) is 4. The van der Waals surface area contributed by atoms with E-state index in [1.807, 2.05) is 53.4 Å². The fourth-order valence-electron chi connectivity index (χ4n) is 4.30. The van der Waals surface area contributed by atoms with E-state index in [9.17, 15) is 9.59 Å². The maximum atomic E-state index is 13.4. The number of pyridine rings is 2. The van der Waals surface area contributed by atoms with Crippen LogP contribution in [0.15, 0.2) is 67.0 Å². The van der Waals surface area contributed by atoms with E-state index in [0.29, 0.717) is 30.2 Å². The Kier molecular flexibility index (Phi) is 5.08. The first kappa shape index (κ1) is 19.2. The Hall–Kier alpha value is -3.74. The van der Waals surface area contributed by atoms with Crippen molar-refractivity contribution in [3.63, 3.8) is 0 Å².